The highest BCUT2D eigenvalue weighted by Gasteiger charge is 2.22. The first-order chi connectivity index (χ1) is 15.9. The largest absolute Gasteiger partial charge is 0.445 e. The summed E-state index contributed by atoms with van der Waals surface area (Å²) in [5.74, 6) is -0.607. The Morgan fingerprint density at radius 3 is 2.76 bits per heavy atom. The molecule has 33 heavy (non-hydrogen) atoms. The summed E-state index contributed by atoms with van der Waals surface area (Å²) in [7, 11) is 0. The number of carbonyl (C=O) groups excluding carboxylic acids is 2. The number of hydrazone groups is 1. The van der Waals surface area contributed by atoms with Gasteiger partial charge in [0, 0.05) is 29.9 Å². The number of H-pyrrole nitrogens is 1. The standard InChI is InChI=1S/C21H19BrN6O5/c22-17-7-6-15(8-19(17)28(31)32)10-25-27-20(29)18(9-16-11-23-13-24-16)26-21(30)33-12-14-4-2-1-3-5-14/h1-8,10-11,13,18H,9,12H2,(H,23,24)(H,26,30)(H,27,29)/b25-10-/t18-/m0/s1. The number of ether oxygens (including phenoxy) is 1. The van der Waals surface area contributed by atoms with Crippen LogP contribution < -0.4 is 10.7 Å². The van der Waals surface area contributed by atoms with E-state index in [1.807, 2.05) is 30.3 Å². The van der Waals surface area contributed by atoms with Crippen molar-refractivity contribution < 1.29 is 19.2 Å². The molecule has 12 heteroatoms. The van der Waals surface area contributed by atoms with Crippen molar-refractivity contribution in [2.24, 2.45) is 5.10 Å². The minimum atomic E-state index is -1.01. The van der Waals surface area contributed by atoms with Crippen LogP contribution in [0.1, 0.15) is 16.8 Å². The van der Waals surface area contributed by atoms with Gasteiger partial charge >= 0.3 is 6.09 Å². The maximum Gasteiger partial charge on any atom is 0.408 e. The molecule has 0 bridgehead atoms. The van der Waals surface area contributed by atoms with Gasteiger partial charge in [0.2, 0.25) is 0 Å². The van der Waals surface area contributed by atoms with Gasteiger partial charge in [-0.05, 0) is 27.6 Å². The molecule has 170 valence electrons. The molecular formula is C21H19BrN6O5. The van der Waals surface area contributed by atoms with Crippen LogP contribution in [0.15, 0.2) is 70.6 Å². The number of nitrogens with one attached hydrogen (secondary N) is 3. The summed E-state index contributed by atoms with van der Waals surface area (Å²) in [4.78, 5) is 42.2. The van der Waals surface area contributed by atoms with Gasteiger partial charge in [-0.3, -0.25) is 14.9 Å². The molecule has 2 aromatic carbocycles. The molecule has 2 amide bonds. The number of hydrogen-bond acceptors (Lipinski definition) is 7. The molecule has 0 unspecified atom stereocenters. The summed E-state index contributed by atoms with van der Waals surface area (Å²) in [5.41, 5.74) is 4.02. The number of benzene rings is 2. The van der Waals surface area contributed by atoms with Crippen molar-refractivity contribution in [1.29, 1.82) is 0 Å². The fourth-order valence-electron chi connectivity index (χ4n) is 2.73. The van der Waals surface area contributed by atoms with E-state index in [0.717, 1.165) is 5.56 Å². The van der Waals surface area contributed by atoms with Crippen LogP contribution >= 0.6 is 15.9 Å². The number of rotatable bonds is 9. The second-order valence-electron chi connectivity index (χ2n) is 6.74. The van der Waals surface area contributed by atoms with E-state index in [-0.39, 0.29) is 18.7 Å². The van der Waals surface area contributed by atoms with Crippen LogP contribution in [0.3, 0.4) is 0 Å². The van der Waals surface area contributed by atoms with Crippen molar-refractivity contribution in [3.63, 3.8) is 0 Å². The Kier molecular flexibility index (Phi) is 8.24. The van der Waals surface area contributed by atoms with Crippen molar-refractivity contribution in [1.82, 2.24) is 20.7 Å². The van der Waals surface area contributed by atoms with Gasteiger partial charge in [0.15, 0.2) is 0 Å². The zero-order valence-corrected chi connectivity index (χ0v) is 18.7. The van der Waals surface area contributed by atoms with Crippen molar-refractivity contribution in [2.45, 2.75) is 19.1 Å². The summed E-state index contributed by atoms with van der Waals surface area (Å²) in [6.07, 6.45) is 3.59. The predicted molar refractivity (Wildman–Crippen MR) is 122 cm³/mol. The molecule has 1 heterocycles. The Morgan fingerprint density at radius 2 is 2.06 bits per heavy atom. The molecule has 0 aliphatic carbocycles. The van der Waals surface area contributed by atoms with E-state index in [1.165, 1.54) is 30.9 Å². The van der Waals surface area contributed by atoms with Crippen molar-refractivity contribution in [3.05, 3.63) is 92.5 Å². The summed E-state index contributed by atoms with van der Waals surface area (Å²) in [6, 6.07) is 12.5. The lowest BCUT2D eigenvalue weighted by Crippen LogP contribution is -2.47. The molecule has 0 radical (unpaired) electrons. The number of nitrogens with zero attached hydrogens (tertiary/aromatic N) is 3. The summed E-state index contributed by atoms with van der Waals surface area (Å²) >= 11 is 3.10. The van der Waals surface area contributed by atoms with E-state index < -0.39 is 23.0 Å². The van der Waals surface area contributed by atoms with Crippen LogP contribution in [0.4, 0.5) is 10.5 Å². The highest BCUT2D eigenvalue weighted by molar-refractivity contribution is 9.10. The number of aromatic amines is 1. The topological polar surface area (TPSA) is 152 Å². The maximum absolute atomic E-state index is 12.7. The van der Waals surface area contributed by atoms with Gasteiger partial charge in [0.05, 0.1) is 21.9 Å². The third-order valence-corrected chi connectivity index (χ3v) is 5.03. The molecule has 3 N–H and O–H groups in total. The Balaban J connectivity index is 1.62. The number of aromatic nitrogens is 2. The molecular weight excluding hydrogens is 496 g/mol. The van der Waals surface area contributed by atoms with Crippen molar-refractivity contribution in [3.8, 4) is 0 Å². The second-order valence-corrected chi connectivity index (χ2v) is 7.60. The normalized spacial score (nSPS) is 11.7. The molecule has 1 atom stereocenters. The van der Waals surface area contributed by atoms with Crippen molar-refractivity contribution in [2.75, 3.05) is 0 Å². The van der Waals surface area contributed by atoms with Gasteiger partial charge in [0.25, 0.3) is 11.6 Å². The molecule has 0 aliphatic rings. The molecule has 1 aromatic heterocycles. The second kappa shape index (κ2) is 11.5. The van der Waals surface area contributed by atoms with E-state index in [4.69, 9.17) is 4.74 Å². The zero-order chi connectivity index (χ0) is 23.6. The number of amides is 2. The minimum Gasteiger partial charge on any atom is -0.445 e. The predicted octanol–water partition coefficient (Wildman–Crippen LogP) is 3.07. The Hall–Kier alpha value is -4.06. The molecule has 3 aromatic rings. The number of hydrogen-bond donors (Lipinski definition) is 3. The van der Waals surface area contributed by atoms with Gasteiger partial charge in [-0.25, -0.2) is 15.2 Å². The lowest BCUT2D eigenvalue weighted by molar-refractivity contribution is -0.385. The van der Waals surface area contributed by atoms with E-state index in [2.05, 4.69) is 41.7 Å². The van der Waals surface area contributed by atoms with E-state index in [1.54, 1.807) is 6.07 Å². The van der Waals surface area contributed by atoms with Gasteiger partial charge in [-0.2, -0.15) is 5.10 Å². The Bertz CT molecular complexity index is 1140. The summed E-state index contributed by atoms with van der Waals surface area (Å²) in [5, 5.41) is 17.4. The molecule has 0 aliphatic heterocycles. The molecule has 3 rings (SSSR count). The lowest BCUT2D eigenvalue weighted by atomic mass is 10.1. The molecule has 0 saturated carbocycles. The average molecular weight is 515 g/mol. The van der Waals surface area contributed by atoms with E-state index in [9.17, 15) is 19.7 Å². The Morgan fingerprint density at radius 1 is 1.27 bits per heavy atom. The monoisotopic (exact) mass is 514 g/mol. The van der Waals surface area contributed by atoms with Gasteiger partial charge < -0.3 is 15.0 Å². The highest BCUT2D eigenvalue weighted by Crippen LogP contribution is 2.24. The number of nitro groups is 1. The van der Waals surface area contributed by atoms with Gasteiger partial charge in [-0.1, -0.05) is 36.4 Å². The maximum atomic E-state index is 12.7. The number of halogens is 1. The summed E-state index contributed by atoms with van der Waals surface area (Å²) in [6.45, 7) is 0.0472. The molecule has 11 nitrogen and oxygen atoms in total. The van der Waals surface area contributed by atoms with Crippen molar-refractivity contribution >= 4 is 39.8 Å². The number of alkyl carbamates (subject to hydrolysis) is 1. The first-order valence-corrected chi connectivity index (χ1v) is 10.4. The quantitative estimate of drug-likeness (QED) is 0.226. The fraction of sp³-hybridized carbons (Fsp3) is 0.143. The van der Waals surface area contributed by atoms with Crippen LogP contribution in [-0.2, 0) is 22.6 Å². The minimum absolute atomic E-state index is 0.0472. The smallest absolute Gasteiger partial charge is 0.408 e. The number of nitro benzene ring substituents is 1. The third kappa shape index (κ3) is 7.25. The van der Waals surface area contributed by atoms with Crippen LogP contribution in [0.2, 0.25) is 0 Å². The van der Waals surface area contributed by atoms with Gasteiger partial charge in [0.1, 0.15) is 12.6 Å². The SMILES string of the molecule is O=C(N[C@@H](Cc1cnc[nH]1)C(=O)N/N=C\c1ccc(Br)c([N+](=O)[O-])c1)OCc1ccccc1. The summed E-state index contributed by atoms with van der Waals surface area (Å²) < 4.78 is 5.51. The van der Waals surface area contributed by atoms with Crippen LogP contribution in [0.25, 0.3) is 0 Å². The van der Waals surface area contributed by atoms with Gasteiger partial charge in [-0.15, -0.1) is 0 Å². The van der Waals surface area contributed by atoms with Crippen LogP contribution in [-0.4, -0.2) is 39.1 Å². The number of carbonyl (C=O) groups is 2. The molecule has 0 fully saturated rings. The number of imidazole rings is 1. The van der Waals surface area contributed by atoms with E-state index in [0.29, 0.717) is 15.7 Å². The lowest BCUT2D eigenvalue weighted by Gasteiger charge is -2.16. The first-order valence-electron chi connectivity index (χ1n) is 9.63. The van der Waals surface area contributed by atoms with Crippen LogP contribution in [0.5, 0.6) is 0 Å². The fourth-order valence-corrected chi connectivity index (χ4v) is 3.12. The molecule has 0 saturated heterocycles. The Labute approximate surface area is 196 Å². The average Bonchev–Trinajstić information content (AvgIpc) is 3.32. The highest BCUT2D eigenvalue weighted by atomic mass is 79.9. The third-order valence-electron chi connectivity index (χ3n) is 4.36. The van der Waals surface area contributed by atoms with Crippen LogP contribution in [0, 0.1) is 10.1 Å². The zero-order valence-electron chi connectivity index (χ0n) is 17.1. The molecule has 0 spiro atoms. The van der Waals surface area contributed by atoms with E-state index >= 15 is 0 Å². The first kappa shape index (κ1) is 23.6.